The number of hydrogen-bond acceptors (Lipinski definition) is 2. The summed E-state index contributed by atoms with van der Waals surface area (Å²) in [6.07, 6.45) is 8.69. The molecule has 2 fully saturated rings. The molecule has 2 aliphatic rings. The van der Waals surface area contributed by atoms with E-state index in [1.54, 1.807) is 0 Å². The van der Waals surface area contributed by atoms with Gasteiger partial charge >= 0.3 is 5.97 Å². The van der Waals surface area contributed by atoms with Crippen LogP contribution in [0, 0.1) is 17.3 Å². The Morgan fingerprint density at radius 2 is 2.06 bits per heavy atom. The predicted octanol–water partition coefficient (Wildman–Crippen LogP) is 3.47. The summed E-state index contributed by atoms with van der Waals surface area (Å²) in [7, 11) is 0. The lowest BCUT2D eigenvalue weighted by Gasteiger charge is -2.40. The first-order chi connectivity index (χ1) is 8.69. The average molecular weight is 254 g/mol. The lowest BCUT2D eigenvalue weighted by Crippen LogP contribution is -2.42. The zero-order valence-electron chi connectivity index (χ0n) is 11.5. The van der Waals surface area contributed by atoms with Gasteiger partial charge in [-0.2, -0.15) is 0 Å². The standard InChI is InChI=1S/C15H26O3/c1-2-3-4-12-5-8-15(9-6-12,14(16)17)13-7-10-18-11-13/h12-13H,2-11H2,1H3,(H,16,17). The molecule has 1 unspecified atom stereocenters. The average Bonchev–Trinajstić information content (AvgIpc) is 2.91. The number of carboxylic acid groups (broad SMARTS) is 1. The van der Waals surface area contributed by atoms with Crippen LogP contribution in [-0.2, 0) is 9.53 Å². The third-order valence-corrected chi connectivity index (χ3v) is 5.10. The maximum Gasteiger partial charge on any atom is 0.310 e. The number of ether oxygens (including phenoxy) is 1. The first-order valence-electron chi connectivity index (χ1n) is 7.50. The predicted molar refractivity (Wildman–Crippen MR) is 70.5 cm³/mol. The molecule has 1 N–H and O–H groups in total. The second kappa shape index (κ2) is 6.05. The molecule has 0 radical (unpaired) electrons. The second-order valence-corrected chi connectivity index (χ2v) is 6.11. The molecular weight excluding hydrogens is 228 g/mol. The zero-order valence-corrected chi connectivity index (χ0v) is 11.5. The van der Waals surface area contributed by atoms with Crippen molar-refractivity contribution in [1.82, 2.24) is 0 Å². The van der Waals surface area contributed by atoms with Crippen molar-refractivity contribution in [2.75, 3.05) is 13.2 Å². The number of carbonyl (C=O) groups is 1. The summed E-state index contributed by atoms with van der Waals surface area (Å²) < 4.78 is 5.41. The van der Waals surface area contributed by atoms with Gasteiger partial charge in [-0.25, -0.2) is 0 Å². The molecule has 1 atom stereocenters. The van der Waals surface area contributed by atoms with Gasteiger partial charge < -0.3 is 9.84 Å². The first-order valence-corrected chi connectivity index (χ1v) is 7.50. The molecule has 0 aromatic heterocycles. The van der Waals surface area contributed by atoms with Crippen LogP contribution in [0.15, 0.2) is 0 Å². The Labute approximate surface area is 110 Å². The maximum atomic E-state index is 11.7. The van der Waals surface area contributed by atoms with E-state index in [2.05, 4.69) is 6.92 Å². The van der Waals surface area contributed by atoms with Crippen molar-refractivity contribution in [2.45, 2.75) is 58.3 Å². The van der Waals surface area contributed by atoms with Crippen LogP contribution in [0.3, 0.4) is 0 Å². The van der Waals surface area contributed by atoms with E-state index in [1.807, 2.05) is 0 Å². The molecule has 0 aromatic rings. The minimum atomic E-state index is -0.577. The van der Waals surface area contributed by atoms with Crippen molar-refractivity contribution < 1.29 is 14.6 Å². The maximum absolute atomic E-state index is 11.7. The Bertz CT molecular complexity index is 273. The zero-order chi connectivity index (χ0) is 13.0. The number of hydrogen-bond donors (Lipinski definition) is 1. The highest BCUT2D eigenvalue weighted by Gasteiger charge is 2.48. The Hall–Kier alpha value is -0.570. The van der Waals surface area contributed by atoms with Crippen LogP contribution in [0.5, 0.6) is 0 Å². The molecule has 18 heavy (non-hydrogen) atoms. The molecule has 1 aliphatic carbocycles. The molecule has 0 spiro atoms. The first kappa shape index (κ1) is 13.9. The normalized spacial score (nSPS) is 36.7. The van der Waals surface area contributed by atoms with Crippen LogP contribution in [0.2, 0.25) is 0 Å². The van der Waals surface area contributed by atoms with E-state index in [0.717, 1.165) is 44.6 Å². The highest BCUT2D eigenvalue weighted by molar-refractivity contribution is 5.75. The summed E-state index contributed by atoms with van der Waals surface area (Å²) in [5.74, 6) is 0.439. The van der Waals surface area contributed by atoms with Gasteiger partial charge in [0.15, 0.2) is 0 Å². The summed E-state index contributed by atoms with van der Waals surface area (Å²) in [5.41, 5.74) is -0.473. The smallest absolute Gasteiger partial charge is 0.310 e. The molecule has 3 heteroatoms. The quantitative estimate of drug-likeness (QED) is 0.817. The topological polar surface area (TPSA) is 46.5 Å². The van der Waals surface area contributed by atoms with Crippen LogP contribution >= 0.6 is 0 Å². The van der Waals surface area contributed by atoms with Gasteiger partial charge in [0.1, 0.15) is 0 Å². The summed E-state index contributed by atoms with van der Waals surface area (Å²) in [6.45, 7) is 3.63. The third-order valence-electron chi connectivity index (χ3n) is 5.10. The fourth-order valence-electron chi connectivity index (χ4n) is 3.74. The van der Waals surface area contributed by atoms with Gasteiger partial charge in [0.05, 0.1) is 12.0 Å². The summed E-state index contributed by atoms with van der Waals surface area (Å²) in [4.78, 5) is 11.7. The van der Waals surface area contributed by atoms with Crippen molar-refractivity contribution in [2.24, 2.45) is 17.3 Å². The van der Waals surface area contributed by atoms with Crippen LogP contribution < -0.4 is 0 Å². The largest absolute Gasteiger partial charge is 0.481 e. The monoisotopic (exact) mass is 254 g/mol. The van der Waals surface area contributed by atoms with Gasteiger partial charge in [-0.3, -0.25) is 4.79 Å². The molecule has 104 valence electrons. The Kier molecular flexibility index (Phi) is 4.66. The van der Waals surface area contributed by atoms with Crippen molar-refractivity contribution in [3.05, 3.63) is 0 Å². The molecule has 1 aliphatic heterocycles. The van der Waals surface area contributed by atoms with Crippen LogP contribution in [0.25, 0.3) is 0 Å². The van der Waals surface area contributed by atoms with E-state index in [0.29, 0.717) is 6.61 Å². The SMILES string of the molecule is CCCCC1CCC(C(=O)O)(C2CCOC2)CC1. The van der Waals surface area contributed by atoms with E-state index in [1.165, 1.54) is 19.3 Å². The van der Waals surface area contributed by atoms with E-state index in [-0.39, 0.29) is 5.92 Å². The van der Waals surface area contributed by atoms with E-state index >= 15 is 0 Å². The molecule has 1 saturated heterocycles. The van der Waals surface area contributed by atoms with Crippen LogP contribution in [-0.4, -0.2) is 24.3 Å². The fourth-order valence-corrected chi connectivity index (χ4v) is 3.74. The van der Waals surface area contributed by atoms with Gasteiger partial charge in [0.2, 0.25) is 0 Å². The lowest BCUT2D eigenvalue weighted by molar-refractivity contribution is -0.156. The summed E-state index contributed by atoms with van der Waals surface area (Å²) in [5, 5.41) is 9.66. The van der Waals surface area contributed by atoms with Crippen molar-refractivity contribution in [1.29, 1.82) is 0 Å². The molecule has 1 saturated carbocycles. The number of rotatable bonds is 5. The van der Waals surface area contributed by atoms with E-state index < -0.39 is 11.4 Å². The van der Waals surface area contributed by atoms with E-state index in [9.17, 15) is 9.90 Å². The van der Waals surface area contributed by atoms with E-state index in [4.69, 9.17) is 4.74 Å². The Morgan fingerprint density at radius 3 is 2.56 bits per heavy atom. The van der Waals surface area contributed by atoms with Crippen molar-refractivity contribution >= 4 is 5.97 Å². The molecule has 1 heterocycles. The van der Waals surface area contributed by atoms with Crippen LogP contribution in [0.1, 0.15) is 58.3 Å². The highest BCUT2D eigenvalue weighted by atomic mass is 16.5. The third kappa shape index (κ3) is 2.71. The molecule has 0 amide bonds. The Balaban J connectivity index is 1.95. The molecule has 0 bridgehead atoms. The van der Waals surface area contributed by atoms with Gasteiger partial charge in [0.25, 0.3) is 0 Å². The van der Waals surface area contributed by atoms with Crippen molar-refractivity contribution in [3.63, 3.8) is 0 Å². The van der Waals surface area contributed by atoms with Gasteiger partial charge in [-0.05, 0) is 38.0 Å². The number of carboxylic acids is 1. The number of aliphatic carboxylic acids is 1. The summed E-state index contributed by atoms with van der Waals surface area (Å²) >= 11 is 0. The van der Waals surface area contributed by atoms with Gasteiger partial charge in [-0.15, -0.1) is 0 Å². The minimum absolute atomic E-state index is 0.252. The van der Waals surface area contributed by atoms with Gasteiger partial charge in [0, 0.05) is 12.5 Å². The Morgan fingerprint density at radius 1 is 1.33 bits per heavy atom. The number of unbranched alkanes of at least 4 members (excludes halogenated alkanes) is 1. The minimum Gasteiger partial charge on any atom is -0.481 e. The van der Waals surface area contributed by atoms with Crippen molar-refractivity contribution in [3.8, 4) is 0 Å². The molecule has 2 rings (SSSR count). The lowest BCUT2D eigenvalue weighted by atomic mass is 9.63. The highest BCUT2D eigenvalue weighted by Crippen LogP contribution is 2.48. The second-order valence-electron chi connectivity index (χ2n) is 6.11. The van der Waals surface area contributed by atoms with Gasteiger partial charge in [-0.1, -0.05) is 26.2 Å². The summed E-state index contributed by atoms with van der Waals surface area (Å²) in [6, 6.07) is 0. The molecule has 3 nitrogen and oxygen atoms in total. The fraction of sp³-hybridized carbons (Fsp3) is 0.933. The molecular formula is C15H26O3. The van der Waals surface area contributed by atoms with Crippen LogP contribution in [0.4, 0.5) is 0 Å². The molecule has 0 aromatic carbocycles.